The zero-order chi connectivity index (χ0) is 12.4. The van der Waals surface area contributed by atoms with E-state index in [0.29, 0.717) is 10.6 Å². The van der Waals surface area contributed by atoms with Crippen LogP contribution in [0.5, 0.6) is 0 Å². The highest BCUT2D eigenvalue weighted by molar-refractivity contribution is 6.30. The van der Waals surface area contributed by atoms with Crippen LogP contribution in [0.2, 0.25) is 5.02 Å². The van der Waals surface area contributed by atoms with Gasteiger partial charge in [0.25, 0.3) is 5.91 Å². The van der Waals surface area contributed by atoms with E-state index in [2.05, 4.69) is 10.5 Å². The Balaban J connectivity index is 2.40. The summed E-state index contributed by atoms with van der Waals surface area (Å²) in [6.45, 7) is 0. The fourth-order valence-corrected chi connectivity index (χ4v) is 1.63. The molecular formula is C11H7ClN2O3. The SMILES string of the molecule is O=NC1=C(O)/C(=C\c2cccc(Cl)c2)NC1=O. The normalized spacial score (nSPS) is 17.5. The van der Waals surface area contributed by atoms with Gasteiger partial charge in [-0.15, -0.1) is 4.91 Å². The summed E-state index contributed by atoms with van der Waals surface area (Å²) in [5, 5.41) is 14.9. The van der Waals surface area contributed by atoms with Gasteiger partial charge in [-0.1, -0.05) is 23.7 Å². The Morgan fingerprint density at radius 3 is 2.76 bits per heavy atom. The molecule has 1 aliphatic heterocycles. The van der Waals surface area contributed by atoms with Gasteiger partial charge in [0.2, 0.25) is 5.70 Å². The lowest BCUT2D eigenvalue weighted by atomic mass is 10.2. The average molecular weight is 251 g/mol. The van der Waals surface area contributed by atoms with Gasteiger partial charge in [-0.05, 0) is 28.9 Å². The van der Waals surface area contributed by atoms with Gasteiger partial charge in [0.15, 0.2) is 5.76 Å². The van der Waals surface area contributed by atoms with E-state index in [0.717, 1.165) is 0 Å². The first-order valence-corrected chi connectivity index (χ1v) is 5.05. The summed E-state index contributed by atoms with van der Waals surface area (Å²) in [6.07, 6.45) is 1.50. The van der Waals surface area contributed by atoms with Crippen LogP contribution < -0.4 is 5.32 Å². The summed E-state index contributed by atoms with van der Waals surface area (Å²) in [7, 11) is 0. The van der Waals surface area contributed by atoms with Crippen molar-refractivity contribution in [3.63, 3.8) is 0 Å². The van der Waals surface area contributed by atoms with Crippen LogP contribution >= 0.6 is 11.6 Å². The molecule has 0 atom stereocenters. The van der Waals surface area contributed by atoms with Crippen LogP contribution in [0.3, 0.4) is 0 Å². The number of nitrogens with zero attached hydrogens (tertiary/aromatic N) is 1. The van der Waals surface area contributed by atoms with Crippen molar-refractivity contribution in [2.24, 2.45) is 5.18 Å². The Morgan fingerprint density at radius 2 is 2.18 bits per heavy atom. The zero-order valence-electron chi connectivity index (χ0n) is 8.48. The van der Waals surface area contributed by atoms with E-state index in [1.54, 1.807) is 24.3 Å². The molecule has 17 heavy (non-hydrogen) atoms. The molecule has 0 aromatic heterocycles. The third-order valence-corrected chi connectivity index (χ3v) is 2.43. The van der Waals surface area contributed by atoms with Crippen molar-refractivity contribution in [2.45, 2.75) is 0 Å². The topological polar surface area (TPSA) is 78.8 Å². The highest BCUT2D eigenvalue weighted by Crippen LogP contribution is 2.22. The summed E-state index contributed by atoms with van der Waals surface area (Å²) in [4.78, 5) is 21.5. The third kappa shape index (κ3) is 2.19. The van der Waals surface area contributed by atoms with Gasteiger partial charge in [-0.3, -0.25) is 4.79 Å². The molecule has 0 bridgehead atoms. The fraction of sp³-hybridized carbons (Fsp3) is 0. The molecular weight excluding hydrogens is 244 g/mol. The smallest absolute Gasteiger partial charge is 0.281 e. The van der Waals surface area contributed by atoms with Crippen molar-refractivity contribution in [1.29, 1.82) is 0 Å². The first-order valence-electron chi connectivity index (χ1n) is 4.67. The number of halogens is 1. The monoisotopic (exact) mass is 250 g/mol. The van der Waals surface area contributed by atoms with Crippen LogP contribution in [0.25, 0.3) is 6.08 Å². The third-order valence-electron chi connectivity index (χ3n) is 2.19. The summed E-state index contributed by atoms with van der Waals surface area (Å²) in [5.74, 6) is -1.17. The molecule has 1 aromatic rings. The van der Waals surface area contributed by atoms with Crippen LogP contribution in [-0.4, -0.2) is 11.0 Å². The number of carbonyl (C=O) groups excluding carboxylic acids is 1. The van der Waals surface area contributed by atoms with E-state index in [-0.39, 0.29) is 5.70 Å². The van der Waals surface area contributed by atoms with Crippen molar-refractivity contribution in [3.8, 4) is 0 Å². The van der Waals surface area contributed by atoms with Gasteiger partial charge >= 0.3 is 0 Å². The largest absolute Gasteiger partial charge is 0.504 e. The molecule has 1 amide bonds. The highest BCUT2D eigenvalue weighted by Gasteiger charge is 2.28. The van der Waals surface area contributed by atoms with Crippen molar-refractivity contribution in [2.75, 3.05) is 0 Å². The molecule has 0 radical (unpaired) electrons. The van der Waals surface area contributed by atoms with E-state index in [9.17, 15) is 14.8 Å². The molecule has 0 saturated heterocycles. The molecule has 1 heterocycles. The van der Waals surface area contributed by atoms with Crippen LogP contribution in [-0.2, 0) is 4.79 Å². The lowest BCUT2D eigenvalue weighted by molar-refractivity contribution is -0.116. The Labute approximate surface area is 101 Å². The Morgan fingerprint density at radius 1 is 1.41 bits per heavy atom. The Bertz CT molecular complexity index is 564. The number of aliphatic hydroxyl groups is 1. The number of nitroso groups, excluding NO2 is 1. The average Bonchev–Trinajstić information content (AvgIpc) is 2.54. The van der Waals surface area contributed by atoms with Crippen LogP contribution in [0.1, 0.15) is 5.56 Å². The number of rotatable bonds is 2. The maximum absolute atomic E-state index is 11.2. The second-order valence-electron chi connectivity index (χ2n) is 3.36. The van der Waals surface area contributed by atoms with Crippen molar-refractivity contribution in [1.82, 2.24) is 5.32 Å². The van der Waals surface area contributed by atoms with Crippen LogP contribution in [0.15, 0.2) is 46.6 Å². The number of amides is 1. The Kier molecular flexibility index (Phi) is 2.93. The maximum atomic E-state index is 11.2. The molecule has 2 N–H and O–H groups in total. The van der Waals surface area contributed by atoms with Gasteiger partial charge in [0.05, 0.1) is 5.70 Å². The molecule has 2 rings (SSSR count). The van der Waals surface area contributed by atoms with Gasteiger partial charge in [0.1, 0.15) is 0 Å². The fourth-order valence-electron chi connectivity index (χ4n) is 1.43. The van der Waals surface area contributed by atoms with Crippen LogP contribution in [0.4, 0.5) is 0 Å². The Hall–Kier alpha value is -2.14. The van der Waals surface area contributed by atoms with Crippen LogP contribution in [0, 0.1) is 4.91 Å². The molecule has 1 aromatic carbocycles. The first kappa shape index (κ1) is 11.3. The number of benzene rings is 1. The molecule has 0 aliphatic carbocycles. The number of aliphatic hydroxyl groups excluding tert-OH is 1. The minimum absolute atomic E-state index is 0.131. The summed E-state index contributed by atoms with van der Waals surface area (Å²) in [6, 6.07) is 6.82. The predicted molar refractivity (Wildman–Crippen MR) is 63.0 cm³/mol. The number of hydrogen-bond acceptors (Lipinski definition) is 4. The van der Waals surface area contributed by atoms with Crippen molar-refractivity contribution in [3.05, 3.63) is 56.9 Å². The lowest BCUT2D eigenvalue weighted by Gasteiger charge is -1.99. The highest BCUT2D eigenvalue weighted by atomic mass is 35.5. The molecule has 0 unspecified atom stereocenters. The second-order valence-corrected chi connectivity index (χ2v) is 3.79. The van der Waals surface area contributed by atoms with Crippen molar-refractivity contribution < 1.29 is 9.90 Å². The lowest BCUT2D eigenvalue weighted by Crippen LogP contribution is -2.15. The quantitative estimate of drug-likeness (QED) is 0.791. The molecule has 0 spiro atoms. The summed E-state index contributed by atoms with van der Waals surface area (Å²) in [5.41, 5.74) is 0.302. The molecule has 0 saturated carbocycles. The van der Waals surface area contributed by atoms with Gasteiger partial charge in [0, 0.05) is 5.02 Å². The number of hydrogen-bond donors (Lipinski definition) is 2. The van der Waals surface area contributed by atoms with E-state index in [1.165, 1.54) is 6.08 Å². The molecule has 6 heteroatoms. The predicted octanol–water partition coefficient (Wildman–Crippen LogP) is 2.35. The first-order chi connectivity index (χ1) is 8.11. The summed E-state index contributed by atoms with van der Waals surface area (Å²) >= 11 is 5.79. The second kappa shape index (κ2) is 4.39. The van der Waals surface area contributed by atoms with E-state index >= 15 is 0 Å². The number of carbonyl (C=O) groups is 1. The molecule has 0 fully saturated rings. The van der Waals surface area contributed by atoms with E-state index in [1.807, 2.05) is 0 Å². The maximum Gasteiger partial charge on any atom is 0.281 e. The van der Waals surface area contributed by atoms with Gasteiger partial charge < -0.3 is 10.4 Å². The minimum Gasteiger partial charge on any atom is -0.504 e. The number of nitrogens with one attached hydrogen (secondary N) is 1. The van der Waals surface area contributed by atoms with Gasteiger partial charge in [-0.2, -0.15) is 0 Å². The van der Waals surface area contributed by atoms with E-state index in [4.69, 9.17) is 11.6 Å². The molecule has 1 aliphatic rings. The minimum atomic E-state index is -0.717. The standard InChI is InChI=1S/C11H7ClN2O3/c12-7-3-1-2-6(4-7)5-8-10(15)9(14-17)11(16)13-8/h1-5,15H,(H,13,16)/b8-5+. The van der Waals surface area contributed by atoms with Crippen molar-refractivity contribution >= 4 is 23.6 Å². The van der Waals surface area contributed by atoms with E-state index < -0.39 is 17.4 Å². The van der Waals surface area contributed by atoms with Gasteiger partial charge in [-0.25, -0.2) is 0 Å². The molecule has 5 nitrogen and oxygen atoms in total. The zero-order valence-corrected chi connectivity index (χ0v) is 9.23. The summed E-state index contributed by atoms with van der Waals surface area (Å²) < 4.78 is 0. The molecule has 86 valence electrons.